The molecule has 0 bridgehead atoms. The molecule has 0 radical (unpaired) electrons. The van der Waals surface area contributed by atoms with Crippen molar-refractivity contribution in [3.05, 3.63) is 65.0 Å². The van der Waals surface area contributed by atoms with E-state index in [9.17, 15) is 4.79 Å². The molecule has 2 N–H and O–H groups in total. The highest BCUT2D eigenvalue weighted by Crippen LogP contribution is 2.19. The first-order valence-electron chi connectivity index (χ1n) is 7.98. The van der Waals surface area contributed by atoms with Crippen LogP contribution in [0.2, 0.25) is 0 Å². The van der Waals surface area contributed by atoms with Crippen LogP contribution in [0, 0.1) is 6.92 Å². The molecule has 0 aliphatic carbocycles. The van der Waals surface area contributed by atoms with Gasteiger partial charge in [0.15, 0.2) is 0 Å². The number of hydrogen-bond acceptors (Lipinski definition) is 2. The van der Waals surface area contributed by atoms with E-state index in [1.54, 1.807) is 0 Å². The molecule has 0 spiro atoms. The van der Waals surface area contributed by atoms with Crippen molar-refractivity contribution in [1.82, 2.24) is 15.3 Å². The molecule has 0 fully saturated rings. The van der Waals surface area contributed by atoms with Gasteiger partial charge in [-0.25, -0.2) is 4.98 Å². The molecule has 1 amide bonds. The van der Waals surface area contributed by atoms with Crippen molar-refractivity contribution in [2.75, 3.05) is 0 Å². The van der Waals surface area contributed by atoms with E-state index in [1.807, 2.05) is 49.4 Å². The predicted octanol–water partition coefficient (Wildman–Crippen LogP) is 3.75. The first kappa shape index (κ1) is 15.3. The number of nitrogens with zero attached hydrogens (tertiary/aromatic N) is 1. The molecule has 0 saturated carbocycles. The maximum atomic E-state index is 12.4. The monoisotopic (exact) mass is 307 g/mol. The van der Waals surface area contributed by atoms with Gasteiger partial charge in [-0.15, -0.1) is 0 Å². The Morgan fingerprint density at radius 2 is 2.00 bits per heavy atom. The first-order valence-corrected chi connectivity index (χ1v) is 7.98. The fraction of sp³-hybridized carbons (Fsp3) is 0.263. The highest BCUT2D eigenvalue weighted by Gasteiger charge is 2.11. The van der Waals surface area contributed by atoms with Crippen LogP contribution in [0.15, 0.2) is 42.5 Å². The summed E-state index contributed by atoms with van der Waals surface area (Å²) in [6, 6.07) is 13.7. The van der Waals surface area contributed by atoms with Crippen LogP contribution in [-0.2, 0) is 13.0 Å². The molecule has 4 nitrogen and oxygen atoms in total. The van der Waals surface area contributed by atoms with E-state index in [4.69, 9.17) is 0 Å². The van der Waals surface area contributed by atoms with Gasteiger partial charge in [-0.3, -0.25) is 4.79 Å². The van der Waals surface area contributed by atoms with E-state index in [1.165, 1.54) is 0 Å². The zero-order chi connectivity index (χ0) is 16.2. The average molecular weight is 307 g/mol. The summed E-state index contributed by atoms with van der Waals surface area (Å²) in [5.74, 6) is 0.915. The highest BCUT2D eigenvalue weighted by molar-refractivity contribution is 5.98. The smallest absolute Gasteiger partial charge is 0.251 e. The number of hydrogen-bond donors (Lipinski definition) is 2. The maximum absolute atomic E-state index is 12.4. The van der Waals surface area contributed by atoms with E-state index in [-0.39, 0.29) is 5.91 Å². The largest absolute Gasteiger partial charge is 0.348 e. The van der Waals surface area contributed by atoms with E-state index in [0.29, 0.717) is 12.1 Å². The third-order valence-corrected chi connectivity index (χ3v) is 3.87. The Hall–Kier alpha value is -2.62. The van der Waals surface area contributed by atoms with Gasteiger partial charge < -0.3 is 10.3 Å². The number of fused-ring (bicyclic) bond motifs is 1. The van der Waals surface area contributed by atoms with Gasteiger partial charge in [-0.05, 0) is 36.6 Å². The van der Waals surface area contributed by atoms with Gasteiger partial charge in [0.2, 0.25) is 0 Å². The molecule has 0 unspecified atom stereocenters. The Bertz CT molecular complexity index is 821. The molecule has 1 heterocycles. The molecule has 1 aromatic heterocycles. The van der Waals surface area contributed by atoms with Crippen LogP contribution in [-0.4, -0.2) is 15.9 Å². The summed E-state index contributed by atoms with van der Waals surface area (Å²) in [5.41, 5.74) is 4.65. The Morgan fingerprint density at radius 1 is 1.22 bits per heavy atom. The summed E-state index contributed by atoms with van der Waals surface area (Å²) >= 11 is 0. The van der Waals surface area contributed by atoms with Gasteiger partial charge in [0.05, 0.1) is 11.0 Å². The lowest BCUT2D eigenvalue weighted by Crippen LogP contribution is -2.22. The second-order valence-corrected chi connectivity index (χ2v) is 5.79. The summed E-state index contributed by atoms with van der Waals surface area (Å²) in [6.45, 7) is 4.65. The first-order chi connectivity index (χ1) is 11.2. The zero-order valence-corrected chi connectivity index (χ0v) is 13.5. The molecule has 2 aromatic carbocycles. The van der Waals surface area contributed by atoms with E-state index in [0.717, 1.165) is 40.8 Å². The fourth-order valence-corrected chi connectivity index (χ4v) is 2.71. The lowest BCUT2D eigenvalue weighted by atomic mass is 10.1. The maximum Gasteiger partial charge on any atom is 0.251 e. The van der Waals surface area contributed by atoms with Crippen LogP contribution >= 0.6 is 0 Å². The van der Waals surface area contributed by atoms with Crippen molar-refractivity contribution < 1.29 is 4.79 Å². The van der Waals surface area contributed by atoms with Crippen molar-refractivity contribution in [3.8, 4) is 0 Å². The molecule has 0 aliphatic rings. The fourth-order valence-electron chi connectivity index (χ4n) is 2.71. The summed E-state index contributed by atoms with van der Waals surface area (Å²) in [5, 5.41) is 2.97. The number of aromatic amines is 1. The van der Waals surface area contributed by atoms with Crippen LogP contribution < -0.4 is 5.32 Å². The SMILES string of the molecule is CCCc1nc2c(C)cc(C(=O)NCc3ccccc3)cc2[nH]1. The van der Waals surface area contributed by atoms with Crippen molar-refractivity contribution >= 4 is 16.9 Å². The quantitative estimate of drug-likeness (QED) is 0.754. The second kappa shape index (κ2) is 6.65. The van der Waals surface area contributed by atoms with Crippen molar-refractivity contribution in [2.24, 2.45) is 0 Å². The summed E-state index contributed by atoms with van der Waals surface area (Å²) < 4.78 is 0. The predicted molar refractivity (Wildman–Crippen MR) is 92.4 cm³/mol. The molecule has 3 rings (SSSR count). The lowest BCUT2D eigenvalue weighted by molar-refractivity contribution is 0.0951. The molecule has 3 aromatic rings. The van der Waals surface area contributed by atoms with Crippen molar-refractivity contribution in [2.45, 2.75) is 33.2 Å². The summed E-state index contributed by atoms with van der Waals surface area (Å²) in [6.07, 6.45) is 1.97. The number of carbonyl (C=O) groups is 1. The lowest BCUT2D eigenvalue weighted by Gasteiger charge is -2.06. The number of imidazole rings is 1. The number of amides is 1. The summed E-state index contributed by atoms with van der Waals surface area (Å²) in [4.78, 5) is 20.3. The standard InChI is InChI=1S/C19H21N3O/c1-3-7-17-21-16-11-15(10-13(2)18(16)22-17)19(23)20-12-14-8-5-4-6-9-14/h4-6,8-11H,3,7,12H2,1-2H3,(H,20,23)(H,21,22). The number of aryl methyl sites for hydroxylation is 2. The van der Waals surface area contributed by atoms with Gasteiger partial charge >= 0.3 is 0 Å². The van der Waals surface area contributed by atoms with Crippen molar-refractivity contribution in [3.63, 3.8) is 0 Å². The molecule has 0 aliphatic heterocycles. The van der Waals surface area contributed by atoms with Crippen LogP contribution in [0.5, 0.6) is 0 Å². The number of aromatic nitrogens is 2. The number of benzene rings is 2. The molecular weight excluding hydrogens is 286 g/mol. The normalized spacial score (nSPS) is 10.9. The number of rotatable bonds is 5. The van der Waals surface area contributed by atoms with Crippen molar-refractivity contribution in [1.29, 1.82) is 0 Å². The number of carbonyl (C=O) groups excluding carboxylic acids is 1. The van der Waals surface area contributed by atoms with Crippen LogP contribution in [0.4, 0.5) is 0 Å². The van der Waals surface area contributed by atoms with Gasteiger partial charge in [-0.1, -0.05) is 37.3 Å². The molecule has 0 saturated heterocycles. The van der Waals surface area contributed by atoms with E-state index >= 15 is 0 Å². The van der Waals surface area contributed by atoms with E-state index < -0.39 is 0 Å². The average Bonchev–Trinajstić information content (AvgIpc) is 2.97. The second-order valence-electron chi connectivity index (χ2n) is 5.79. The number of H-pyrrole nitrogens is 1. The molecule has 0 atom stereocenters. The Morgan fingerprint density at radius 3 is 2.74 bits per heavy atom. The molecule has 118 valence electrons. The van der Waals surface area contributed by atoms with Gasteiger partial charge in [0, 0.05) is 18.5 Å². The Kier molecular flexibility index (Phi) is 4.42. The van der Waals surface area contributed by atoms with E-state index in [2.05, 4.69) is 22.2 Å². The van der Waals surface area contributed by atoms with Gasteiger partial charge in [0.25, 0.3) is 5.91 Å². The minimum Gasteiger partial charge on any atom is -0.348 e. The van der Waals surface area contributed by atoms with Gasteiger partial charge in [0.1, 0.15) is 5.82 Å². The number of nitrogens with one attached hydrogen (secondary N) is 2. The molecule has 4 heteroatoms. The zero-order valence-electron chi connectivity index (χ0n) is 13.5. The minimum atomic E-state index is -0.0644. The summed E-state index contributed by atoms with van der Waals surface area (Å²) in [7, 11) is 0. The topological polar surface area (TPSA) is 57.8 Å². The third kappa shape index (κ3) is 3.42. The third-order valence-electron chi connectivity index (χ3n) is 3.87. The van der Waals surface area contributed by atoms with Crippen LogP contribution in [0.25, 0.3) is 11.0 Å². The minimum absolute atomic E-state index is 0.0644. The highest BCUT2D eigenvalue weighted by atomic mass is 16.1. The van der Waals surface area contributed by atoms with Crippen LogP contribution in [0.3, 0.4) is 0 Å². The van der Waals surface area contributed by atoms with Crippen LogP contribution in [0.1, 0.15) is 40.7 Å². The molecular formula is C19H21N3O. The Labute approximate surface area is 136 Å². The Balaban J connectivity index is 1.80. The van der Waals surface area contributed by atoms with Gasteiger partial charge in [-0.2, -0.15) is 0 Å². The molecule has 23 heavy (non-hydrogen) atoms.